The molecule has 1 fully saturated rings. The van der Waals surface area contributed by atoms with Gasteiger partial charge in [-0.2, -0.15) is 4.98 Å². The van der Waals surface area contributed by atoms with E-state index in [-0.39, 0.29) is 0 Å². The average Bonchev–Trinajstić information content (AvgIpc) is 2.78. The summed E-state index contributed by atoms with van der Waals surface area (Å²) < 4.78 is 5.25. The van der Waals surface area contributed by atoms with Gasteiger partial charge in [-0.15, -0.1) is 0 Å². The normalized spacial score (nSPS) is 14.0. The molecule has 1 aromatic heterocycles. The van der Waals surface area contributed by atoms with Gasteiger partial charge in [-0.05, 0) is 42.8 Å². The van der Waals surface area contributed by atoms with Gasteiger partial charge in [-0.1, -0.05) is 29.8 Å². The van der Waals surface area contributed by atoms with Crippen molar-refractivity contribution in [2.45, 2.75) is 13.5 Å². The predicted molar refractivity (Wildman–Crippen MR) is 118 cm³/mol. The molecule has 1 saturated heterocycles. The first-order valence-electron chi connectivity index (χ1n) is 9.98. The van der Waals surface area contributed by atoms with Gasteiger partial charge in [0.15, 0.2) is 0 Å². The minimum absolute atomic E-state index is 0.753. The molecular weight excluding hydrogens is 362 g/mol. The Kier molecular flexibility index (Phi) is 5.79. The Morgan fingerprint density at radius 3 is 2.45 bits per heavy atom. The van der Waals surface area contributed by atoms with Crippen molar-refractivity contribution < 1.29 is 4.74 Å². The molecular formula is C23H27N5O. The number of anilines is 3. The Morgan fingerprint density at radius 2 is 1.72 bits per heavy atom. The van der Waals surface area contributed by atoms with Gasteiger partial charge < -0.3 is 19.9 Å². The zero-order valence-corrected chi connectivity index (χ0v) is 17.0. The predicted octanol–water partition coefficient (Wildman–Crippen LogP) is 3.73. The number of rotatable bonds is 6. The standard InChI is InChI=1S/C23H27N5O/c1-18-4-3-5-19(16-18)17-25-22-10-11-24-23(26-22)28-14-12-27(13-15-28)20-6-8-21(29-2)9-7-20/h3-11,16H,12-15,17H2,1-2H3,(H,24,25,26). The maximum Gasteiger partial charge on any atom is 0.227 e. The van der Waals surface area contributed by atoms with Gasteiger partial charge in [0.25, 0.3) is 0 Å². The molecule has 0 radical (unpaired) electrons. The fraction of sp³-hybridized carbons (Fsp3) is 0.304. The highest BCUT2D eigenvalue weighted by Gasteiger charge is 2.19. The number of benzene rings is 2. The van der Waals surface area contributed by atoms with Crippen molar-refractivity contribution in [3.05, 3.63) is 71.9 Å². The number of nitrogens with zero attached hydrogens (tertiary/aromatic N) is 4. The smallest absolute Gasteiger partial charge is 0.227 e. The third-order valence-electron chi connectivity index (χ3n) is 5.20. The number of methoxy groups -OCH3 is 1. The van der Waals surface area contributed by atoms with Crippen LogP contribution in [-0.4, -0.2) is 43.3 Å². The summed E-state index contributed by atoms with van der Waals surface area (Å²) >= 11 is 0. The molecule has 0 atom stereocenters. The van der Waals surface area contributed by atoms with Crippen molar-refractivity contribution >= 4 is 17.5 Å². The minimum atomic E-state index is 0.753. The van der Waals surface area contributed by atoms with Crippen LogP contribution in [0.1, 0.15) is 11.1 Å². The molecule has 0 amide bonds. The van der Waals surface area contributed by atoms with Crippen molar-refractivity contribution in [1.82, 2.24) is 9.97 Å². The second-order valence-corrected chi connectivity index (χ2v) is 7.26. The lowest BCUT2D eigenvalue weighted by atomic mass is 10.1. The molecule has 0 saturated carbocycles. The molecule has 29 heavy (non-hydrogen) atoms. The van der Waals surface area contributed by atoms with Crippen molar-refractivity contribution in [3.63, 3.8) is 0 Å². The summed E-state index contributed by atoms with van der Waals surface area (Å²) in [5.41, 5.74) is 3.74. The molecule has 0 spiro atoms. The van der Waals surface area contributed by atoms with Crippen molar-refractivity contribution in [2.75, 3.05) is 48.4 Å². The maximum absolute atomic E-state index is 5.25. The van der Waals surface area contributed by atoms with E-state index in [0.717, 1.165) is 50.2 Å². The van der Waals surface area contributed by atoms with Gasteiger partial charge in [-0.3, -0.25) is 0 Å². The molecule has 0 aliphatic carbocycles. The summed E-state index contributed by atoms with van der Waals surface area (Å²) in [6.07, 6.45) is 1.83. The van der Waals surface area contributed by atoms with E-state index >= 15 is 0 Å². The van der Waals surface area contributed by atoms with Crippen molar-refractivity contribution in [2.24, 2.45) is 0 Å². The van der Waals surface area contributed by atoms with Gasteiger partial charge in [0.05, 0.1) is 7.11 Å². The molecule has 6 heteroatoms. The fourth-order valence-corrected chi connectivity index (χ4v) is 3.57. The Morgan fingerprint density at radius 1 is 0.966 bits per heavy atom. The van der Waals surface area contributed by atoms with E-state index in [2.05, 4.69) is 63.4 Å². The first-order valence-corrected chi connectivity index (χ1v) is 9.98. The van der Waals surface area contributed by atoms with Crippen LogP contribution in [0.2, 0.25) is 0 Å². The highest BCUT2D eigenvalue weighted by atomic mass is 16.5. The first-order chi connectivity index (χ1) is 14.2. The van der Waals surface area contributed by atoms with Crippen LogP contribution in [0.15, 0.2) is 60.8 Å². The van der Waals surface area contributed by atoms with E-state index in [4.69, 9.17) is 9.72 Å². The number of nitrogens with one attached hydrogen (secondary N) is 1. The lowest BCUT2D eigenvalue weighted by Gasteiger charge is -2.36. The Hall–Kier alpha value is -3.28. The molecule has 2 aromatic carbocycles. The summed E-state index contributed by atoms with van der Waals surface area (Å²) in [5, 5.41) is 3.41. The average molecular weight is 390 g/mol. The monoisotopic (exact) mass is 389 g/mol. The third kappa shape index (κ3) is 4.77. The molecule has 150 valence electrons. The van der Waals surface area contributed by atoms with E-state index in [0.29, 0.717) is 0 Å². The molecule has 1 aliphatic rings. The second kappa shape index (κ2) is 8.82. The SMILES string of the molecule is COc1ccc(N2CCN(c3nccc(NCc4cccc(C)c4)n3)CC2)cc1. The molecule has 0 bridgehead atoms. The highest BCUT2D eigenvalue weighted by molar-refractivity contribution is 5.51. The van der Waals surface area contributed by atoms with E-state index in [1.165, 1.54) is 16.8 Å². The number of hydrogen-bond donors (Lipinski definition) is 1. The quantitative estimate of drug-likeness (QED) is 0.693. The zero-order chi connectivity index (χ0) is 20.1. The van der Waals surface area contributed by atoms with Crippen LogP contribution in [-0.2, 0) is 6.54 Å². The number of piperazine rings is 1. The zero-order valence-electron chi connectivity index (χ0n) is 17.0. The van der Waals surface area contributed by atoms with E-state index in [1.807, 2.05) is 24.4 Å². The van der Waals surface area contributed by atoms with Crippen LogP contribution in [0.4, 0.5) is 17.5 Å². The first kappa shape index (κ1) is 19.1. The summed E-state index contributed by atoms with van der Waals surface area (Å²) in [6.45, 7) is 6.54. The van der Waals surface area contributed by atoms with Crippen LogP contribution < -0.4 is 19.9 Å². The maximum atomic E-state index is 5.25. The second-order valence-electron chi connectivity index (χ2n) is 7.26. The fourth-order valence-electron chi connectivity index (χ4n) is 3.57. The Bertz CT molecular complexity index is 936. The molecule has 3 aromatic rings. The summed E-state index contributed by atoms with van der Waals surface area (Å²) in [4.78, 5) is 13.8. The number of aryl methyl sites for hydroxylation is 1. The van der Waals surface area contributed by atoms with E-state index in [1.54, 1.807) is 7.11 Å². The van der Waals surface area contributed by atoms with E-state index in [9.17, 15) is 0 Å². The van der Waals surface area contributed by atoms with Crippen molar-refractivity contribution in [3.8, 4) is 5.75 Å². The van der Waals surface area contributed by atoms with Gasteiger partial charge in [0, 0.05) is 44.6 Å². The lowest BCUT2D eigenvalue weighted by molar-refractivity contribution is 0.415. The van der Waals surface area contributed by atoms with Crippen LogP contribution in [0.5, 0.6) is 5.75 Å². The third-order valence-corrected chi connectivity index (χ3v) is 5.20. The Balaban J connectivity index is 1.35. The number of hydrogen-bond acceptors (Lipinski definition) is 6. The van der Waals surface area contributed by atoms with Crippen molar-refractivity contribution in [1.29, 1.82) is 0 Å². The van der Waals surface area contributed by atoms with Gasteiger partial charge >= 0.3 is 0 Å². The van der Waals surface area contributed by atoms with Crippen LogP contribution in [0.3, 0.4) is 0 Å². The number of aromatic nitrogens is 2. The molecule has 4 rings (SSSR count). The van der Waals surface area contributed by atoms with Crippen LogP contribution in [0.25, 0.3) is 0 Å². The minimum Gasteiger partial charge on any atom is -0.497 e. The Labute approximate surface area is 172 Å². The van der Waals surface area contributed by atoms with Gasteiger partial charge in [0.1, 0.15) is 11.6 Å². The van der Waals surface area contributed by atoms with Gasteiger partial charge in [-0.25, -0.2) is 4.98 Å². The summed E-state index contributed by atoms with van der Waals surface area (Å²) in [7, 11) is 1.69. The molecule has 2 heterocycles. The lowest BCUT2D eigenvalue weighted by Crippen LogP contribution is -2.47. The highest BCUT2D eigenvalue weighted by Crippen LogP contribution is 2.22. The summed E-state index contributed by atoms with van der Waals surface area (Å²) in [6, 6.07) is 18.7. The molecule has 0 unspecified atom stereocenters. The van der Waals surface area contributed by atoms with Gasteiger partial charge in [0.2, 0.25) is 5.95 Å². The molecule has 1 aliphatic heterocycles. The summed E-state index contributed by atoms with van der Waals surface area (Å²) in [5.74, 6) is 2.53. The topological polar surface area (TPSA) is 53.5 Å². The largest absolute Gasteiger partial charge is 0.497 e. The number of ether oxygens (including phenoxy) is 1. The van der Waals surface area contributed by atoms with Crippen LogP contribution >= 0.6 is 0 Å². The molecule has 6 nitrogen and oxygen atoms in total. The van der Waals surface area contributed by atoms with Crippen LogP contribution in [0, 0.1) is 6.92 Å². The van der Waals surface area contributed by atoms with E-state index < -0.39 is 0 Å². The molecule has 1 N–H and O–H groups in total.